The fourth-order valence-corrected chi connectivity index (χ4v) is 4.03. The molecule has 0 amide bonds. The van der Waals surface area contributed by atoms with Crippen molar-refractivity contribution in [3.8, 4) is 0 Å². The van der Waals surface area contributed by atoms with Gasteiger partial charge < -0.3 is 4.74 Å². The molecule has 0 bridgehead atoms. The van der Waals surface area contributed by atoms with Gasteiger partial charge in [0.2, 0.25) is 0 Å². The third-order valence-corrected chi connectivity index (χ3v) is 5.41. The van der Waals surface area contributed by atoms with E-state index in [1.807, 2.05) is 11.6 Å². The molecule has 20 heavy (non-hydrogen) atoms. The van der Waals surface area contributed by atoms with Crippen LogP contribution in [0.5, 0.6) is 0 Å². The van der Waals surface area contributed by atoms with Crippen molar-refractivity contribution in [1.82, 2.24) is 9.78 Å². The highest BCUT2D eigenvalue weighted by atomic mass is 32.2. The standard InChI is InChI=1S/C14H21N3O2S/c1-8(2)12-11-13(15-9(3)20-12)17(16-14(11)18)10-4-6-19-7-5-10/h8,10,12H,4-7H2,1-3H3,(H,16,18). The third-order valence-electron chi connectivity index (χ3n) is 3.94. The molecule has 3 rings (SSSR count). The van der Waals surface area contributed by atoms with E-state index in [0.717, 1.165) is 42.5 Å². The molecular formula is C14H21N3O2S. The molecule has 1 aromatic rings. The van der Waals surface area contributed by atoms with Gasteiger partial charge in [0.05, 0.1) is 16.6 Å². The number of hydrogen-bond acceptors (Lipinski definition) is 4. The van der Waals surface area contributed by atoms with Gasteiger partial charge in [0.15, 0.2) is 5.82 Å². The summed E-state index contributed by atoms with van der Waals surface area (Å²) in [7, 11) is 0. The summed E-state index contributed by atoms with van der Waals surface area (Å²) in [4.78, 5) is 17.0. The summed E-state index contributed by atoms with van der Waals surface area (Å²) >= 11 is 1.70. The van der Waals surface area contributed by atoms with Crippen LogP contribution in [-0.4, -0.2) is 28.0 Å². The van der Waals surface area contributed by atoms with Crippen LogP contribution >= 0.6 is 11.8 Å². The van der Waals surface area contributed by atoms with Crippen LogP contribution < -0.4 is 5.56 Å². The Labute approximate surface area is 122 Å². The van der Waals surface area contributed by atoms with Crippen LogP contribution in [0, 0.1) is 5.92 Å². The lowest BCUT2D eigenvalue weighted by atomic mass is 10.0. The summed E-state index contributed by atoms with van der Waals surface area (Å²) in [6, 6.07) is 0.299. The predicted octanol–water partition coefficient (Wildman–Crippen LogP) is 3.02. The lowest BCUT2D eigenvalue weighted by Crippen LogP contribution is -2.21. The topological polar surface area (TPSA) is 59.4 Å². The molecule has 1 unspecified atom stereocenters. The van der Waals surface area contributed by atoms with Crippen molar-refractivity contribution >= 4 is 22.6 Å². The highest BCUT2D eigenvalue weighted by Crippen LogP contribution is 2.44. The molecule has 2 aliphatic heterocycles. The second-order valence-electron chi connectivity index (χ2n) is 5.81. The lowest BCUT2D eigenvalue weighted by Gasteiger charge is -2.27. The predicted molar refractivity (Wildman–Crippen MR) is 82.1 cm³/mol. The molecule has 1 saturated heterocycles. The fraction of sp³-hybridized carbons (Fsp3) is 0.714. The number of aromatic nitrogens is 2. The van der Waals surface area contributed by atoms with Crippen molar-refractivity contribution in [2.45, 2.75) is 44.9 Å². The molecule has 5 nitrogen and oxygen atoms in total. The highest BCUT2D eigenvalue weighted by molar-refractivity contribution is 8.14. The number of hydrogen-bond donors (Lipinski definition) is 1. The summed E-state index contributed by atoms with van der Waals surface area (Å²) < 4.78 is 7.39. The molecule has 1 aromatic heterocycles. The number of H-pyrrole nitrogens is 1. The molecule has 110 valence electrons. The Hall–Kier alpha value is -1.01. The number of fused-ring (bicyclic) bond motifs is 1. The fourth-order valence-electron chi connectivity index (χ4n) is 2.92. The number of thioether (sulfide) groups is 1. The van der Waals surface area contributed by atoms with Crippen LogP contribution in [0.3, 0.4) is 0 Å². The maximum atomic E-state index is 12.4. The van der Waals surface area contributed by atoms with Crippen molar-refractivity contribution in [3.63, 3.8) is 0 Å². The van der Waals surface area contributed by atoms with Crippen LogP contribution in [0.15, 0.2) is 9.79 Å². The minimum Gasteiger partial charge on any atom is -0.381 e. The van der Waals surface area contributed by atoms with E-state index in [1.165, 1.54) is 0 Å². The van der Waals surface area contributed by atoms with Crippen LogP contribution in [0.1, 0.15) is 50.5 Å². The first kappa shape index (κ1) is 13.9. The molecule has 1 fully saturated rings. The number of aromatic amines is 1. The Morgan fingerprint density at radius 1 is 1.40 bits per heavy atom. The van der Waals surface area contributed by atoms with E-state index in [-0.39, 0.29) is 10.8 Å². The Morgan fingerprint density at radius 2 is 2.10 bits per heavy atom. The quantitative estimate of drug-likeness (QED) is 0.912. The number of nitrogens with one attached hydrogen (secondary N) is 1. The molecule has 0 spiro atoms. The van der Waals surface area contributed by atoms with Crippen LogP contribution in [-0.2, 0) is 4.74 Å². The van der Waals surface area contributed by atoms with Crippen molar-refractivity contribution in [3.05, 3.63) is 15.9 Å². The molecule has 1 atom stereocenters. The van der Waals surface area contributed by atoms with Crippen LogP contribution in [0.25, 0.3) is 0 Å². The third kappa shape index (κ3) is 2.35. The van der Waals surface area contributed by atoms with Crippen LogP contribution in [0.2, 0.25) is 0 Å². The second-order valence-corrected chi connectivity index (χ2v) is 7.14. The zero-order chi connectivity index (χ0) is 14.3. The van der Waals surface area contributed by atoms with Crippen molar-refractivity contribution in [2.24, 2.45) is 10.9 Å². The van der Waals surface area contributed by atoms with E-state index in [0.29, 0.717) is 12.0 Å². The van der Waals surface area contributed by atoms with E-state index >= 15 is 0 Å². The zero-order valence-electron chi connectivity index (χ0n) is 12.2. The minimum absolute atomic E-state index is 0.0222. The van der Waals surface area contributed by atoms with Gasteiger partial charge in [-0.2, -0.15) is 0 Å². The van der Waals surface area contributed by atoms with Crippen LogP contribution in [0.4, 0.5) is 5.82 Å². The molecule has 2 aliphatic rings. The van der Waals surface area contributed by atoms with Gasteiger partial charge in [0.1, 0.15) is 0 Å². The van der Waals surface area contributed by atoms with Gasteiger partial charge in [-0.05, 0) is 25.7 Å². The Bertz CT molecular complexity index is 582. The van der Waals surface area contributed by atoms with E-state index < -0.39 is 0 Å². The van der Waals surface area contributed by atoms with E-state index in [4.69, 9.17) is 4.74 Å². The molecule has 1 N–H and O–H groups in total. The molecular weight excluding hydrogens is 274 g/mol. The van der Waals surface area contributed by atoms with Gasteiger partial charge in [-0.25, -0.2) is 4.99 Å². The van der Waals surface area contributed by atoms with Gasteiger partial charge in [-0.3, -0.25) is 14.6 Å². The molecule has 6 heteroatoms. The molecule has 0 radical (unpaired) electrons. The summed E-state index contributed by atoms with van der Waals surface area (Å²) in [5.74, 6) is 1.26. The molecule has 3 heterocycles. The van der Waals surface area contributed by atoms with Gasteiger partial charge in [0.25, 0.3) is 5.56 Å². The number of nitrogens with zero attached hydrogens (tertiary/aromatic N) is 2. The van der Waals surface area contributed by atoms with Crippen molar-refractivity contribution in [1.29, 1.82) is 0 Å². The number of ether oxygens (including phenoxy) is 1. The maximum Gasteiger partial charge on any atom is 0.270 e. The molecule has 0 aromatic carbocycles. The monoisotopic (exact) mass is 295 g/mol. The normalized spacial score (nSPS) is 23.8. The van der Waals surface area contributed by atoms with Gasteiger partial charge in [-0.15, -0.1) is 11.8 Å². The largest absolute Gasteiger partial charge is 0.381 e. The second kappa shape index (κ2) is 5.41. The highest BCUT2D eigenvalue weighted by Gasteiger charge is 2.32. The SMILES string of the molecule is CC1=Nc2c(c(=O)[nH]n2C2CCOCC2)C(C(C)C)S1. The smallest absolute Gasteiger partial charge is 0.270 e. The summed E-state index contributed by atoms with van der Waals surface area (Å²) in [6.45, 7) is 7.85. The average molecular weight is 295 g/mol. The first-order valence-corrected chi connectivity index (χ1v) is 8.10. The maximum absolute atomic E-state index is 12.4. The first-order valence-electron chi connectivity index (χ1n) is 7.22. The lowest BCUT2D eigenvalue weighted by molar-refractivity contribution is 0.0666. The summed E-state index contributed by atoms with van der Waals surface area (Å²) in [5.41, 5.74) is 0.871. The number of aliphatic imine (C=N–C) groups is 1. The zero-order valence-corrected chi connectivity index (χ0v) is 13.0. The van der Waals surface area contributed by atoms with E-state index in [1.54, 1.807) is 11.8 Å². The Morgan fingerprint density at radius 3 is 2.75 bits per heavy atom. The van der Waals surface area contributed by atoms with Crippen molar-refractivity contribution < 1.29 is 4.74 Å². The number of rotatable bonds is 2. The minimum atomic E-state index is 0.0222. The Kier molecular flexibility index (Phi) is 3.77. The van der Waals surface area contributed by atoms with E-state index in [2.05, 4.69) is 23.9 Å². The average Bonchev–Trinajstić information content (AvgIpc) is 2.76. The Balaban J connectivity index is 2.07. The summed E-state index contributed by atoms with van der Waals surface area (Å²) in [6.07, 6.45) is 1.87. The van der Waals surface area contributed by atoms with Gasteiger partial charge >= 0.3 is 0 Å². The van der Waals surface area contributed by atoms with Gasteiger partial charge in [0, 0.05) is 18.5 Å². The summed E-state index contributed by atoms with van der Waals surface area (Å²) in [5, 5.41) is 4.25. The van der Waals surface area contributed by atoms with Crippen molar-refractivity contribution in [2.75, 3.05) is 13.2 Å². The first-order chi connectivity index (χ1) is 9.58. The van der Waals surface area contributed by atoms with Gasteiger partial charge in [-0.1, -0.05) is 13.8 Å². The molecule has 0 aliphatic carbocycles. The van der Waals surface area contributed by atoms with E-state index in [9.17, 15) is 4.79 Å². The molecule has 0 saturated carbocycles.